The highest BCUT2D eigenvalue weighted by Crippen LogP contribution is 2.45. The summed E-state index contributed by atoms with van der Waals surface area (Å²) in [5.41, 5.74) is -2.07. The van der Waals surface area contributed by atoms with E-state index in [9.17, 15) is 13.6 Å². The quantitative estimate of drug-likeness (QED) is 0.430. The number of aromatic nitrogens is 3. The largest absolute Gasteiger partial charge is 0.362 e. The number of carbonyl (C=O) groups is 1. The third-order valence-corrected chi connectivity index (χ3v) is 6.64. The van der Waals surface area contributed by atoms with Crippen LogP contribution in [-0.2, 0) is 12.5 Å². The normalized spacial score (nSPS) is 20.3. The van der Waals surface area contributed by atoms with Crippen LogP contribution in [0.2, 0.25) is 5.02 Å². The first-order valence-corrected chi connectivity index (χ1v) is 10.8. The van der Waals surface area contributed by atoms with E-state index in [1.807, 2.05) is 0 Å². The molecule has 1 fully saturated rings. The highest BCUT2D eigenvalue weighted by molar-refractivity contribution is 6.31. The van der Waals surface area contributed by atoms with Gasteiger partial charge in [-0.3, -0.25) is 14.4 Å². The Morgan fingerprint density at radius 1 is 1.18 bits per heavy atom. The maximum Gasteiger partial charge on any atom is 0.261 e. The van der Waals surface area contributed by atoms with Crippen LogP contribution in [0.5, 0.6) is 0 Å². The molecule has 12 heteroatoms. The van der Waals surface area contributed by atoms with Crippen LogP contribution in [-0.4, -0.2) is 46.3 Å². The molecule has 3 aromatic rings. The molecular formula is C22H19ClF4N6O. The van der Waals surface area contributed by atoms with Gasteiger partial charge in [0.05, 0.1) is 17.8 Å². The van der Waals surface area contributed by atoms with Crippen molar-refractivity contribution in [3.05, 3.63) is 69.5 Å². The minimum Gasteiger partial charge on any atom is -0.362 e. The van der Waals surface area contributed by atoms with Crippen molar-refractivity contribution in [3.8, 4) is 0 Å². The van der Waals surface area contributed by atoms with Crippen LogP contribution in [0.1, 0.15) is 28.4 Å². The fourth-order valence-corrected chi connectivity index (χ4v) is 4.62. The van der Waals surface area contributed by atoms with Gasteiger partial charge in [0.2, 0.25) is 0 Å². The number of hydrogen-bond acceptors (Lipinski definition) is 5. The summed E-state index contributed by atoms with van der Waals surface area (Å²) < 4.78 is 60.9. The van der Waals surface area contributed by atoms with E-state index in [0.717, 1.165) is 23.2 Å². The average molecular weight is 495 g/mol. The van der Waals surface area contributed by atoms with Crippen LogP contribution in [0.25, 0.3) is 0 Å². The average Bonchev–Trinajstić information content (AvgIpc) is 3.10. The molecule has 2 aliphatic heterocycles. The predicted octanol–water partition coefficient (Wildman–Crippen LogP) is 3.38. The molecule has 0 bridgehead atoms. The lowest BCUT2D eigenvalue weighted by Crippen LogP contribution is -2.52. The molecule has 0 aliphatic carbocycles. The van der Waals surface area contributed by atoms with Gasteiger partial charge in [0.15, 0.2) is 23.3 Å². The number of halogens is 5. The van der Waals surface area contributed by atoms with Gasteiger partial charge in [0.25, 0.3) is 5.91 Å². The zero-order chi connectivity index (χ0) is 24.4. The molecule has 2 N–H and O–H groups in total. The summed E-state index contributed by atoms with van der Waals surface area (Å²) in [5.74, 6) is -4.87. The third-order valence-electron chi connectivity index (χ3n) is 6.30. The van der Waals surface area contributed by atoms with Gasteiger partial charge in [-0.2, -0.15) is 5.10 Å². The van der Waals surface area contributed by atoms with E-state index in [-0.39, 0.29) is 40.9 Å². The standard InChI is InChI=1S/C22H19ClF4N6O/c1-22(12-3-4-13(24)16(23)17(12)26)9-33(20-14(25)8-32(2)31-20)21(34)11-7-29-19(18(27)15(11)22)30-10-5-28-6-10/h3-4,7-8,10,28H,5-6,9H2,1-2H3,(H,29,30). The molecule has 1 aromatic carbocycles. The number of benzene rings is 1. The number of aryl methyl sites for hydroxylation is 1. The molecule has 0 radical (unpaired) electrons. The van der Waals surface area contributed by atoms with E-state index in [0.29, 0.717) is 13.1 Å². The van der Waals surface area contributed by atoms with Crippen LogP contribution in [0.4, 0.5) is 29.2 Å². The lowest BCUT2D eigenvalue weighted by molar-refractivity contribution is 0.0966. The minimum absolute atomic E-state index is 0.0679. The van der Waals surface area contributed by atoms with Gasteiger partial charge in [-0.25, -0.2) is 22.5 Å². The summed E-state index contributed by atoms with van der Waals surface area (Å²) in [6.07, 6.45) is 2.24. The second-order valence-corrected chi connectivity index (χ2v) is 9.01. The van der Waals surface area contributed by atoms with E-state index in [1.165, 1.54) is 24.9 Å². The first-order chi connectivity index (χ1) is 16.1. The lowest BCUT2D eigenvalue weighted by atomic mass is 9.71. The molecule has 0 spiro atoms. The van der Waals surface area contributed by atoms with Gasteiger partial charge in [-0.05, 0) is 13.0 Å². The molecule has 7 nitrogen and oxygen atoms in total. The van der Waals surface area contributed by atoms with Crippen molar-refractivity contribution in [2.45, 2.75) is 18.4 Å². The molecule has 1 amide bonds. The van der Waals surface area contributed by atoms with E-state index < -0.39 is 39.6 Å². The fourth-order valence-electron chi connectivity index (χ4n) is 4.46. The second-order valence-electron chi connectivity index (χ2n) is 8.63. The highest BCUT2D eigenvalue weighted by Gasteiger charge is 2.47. The Kier molecular flexibility index (Phi) is 5.28. The van der Waals surface area contributed by atoms with Crippen LogP contribution in [0.3, 0.4) is 0 Å². The predicted molar refractivity (Wildman–Crippen MR) is 117 cm³/mol. The summed E-state index contributed by atoms with van der Waals surface area (Å²) in [7, 11) is 1.47. The van der Waals surface area contributed by atoms with Crippen molar-refractivity contribution in [1.82, 2.24) is 20.1 Å². The Labute approximate surface area is 196 Å². The Bertz CT molecular complexity index is 1330. The fraction of sp³-hybridized carbons (Fsp3) is 0.318. The number of nitrogens with one attached hydrogen (secondary N) is 2. The van der Waals surface area contributed by atoms with Crippen molar-refractivity contribution in [2.24, 2.45) is 7.05 Å². The molecule has 2 aromatic heterocycles. The van der Waals surface area contributed by atoms with Crippen molar-refractivity contribution < 1.29 is 22.4 Å². The Balaban J connectivity index is 1.74. The highest BCUT2D eigenvalue weighted by atomic mass is 35.5. The Morgan fingerprint density at radius 2 is 1.91 bits per heavy atom. The number of hydrogen-bond donors (Lipinski definition) is 2. The van der Waals surface area contributed by atoms with Gasteiger partial charge < -0.3 is 10.6 Å². The number of rotatable bonds is 4. The molecule has 1 unspecified atom stereocenters. The van der Waals surface area contributed by atoms with Crippen molar-refractivity contribution >= 4 is 29.1 Å². The van der Waals surface area contributed by atoms with Gasteiger partial charge in [0, 0.05) is 49.4 Å². The first kappa shape index (κ1) is 22.6. The third kappa shape index (κ3) is 3.33. The molecule has 2 aliphatic rings. The van der Waals surface area contributed by atoms with Gasteiger partial charge in [-0.15, -0.1) is 0 Å². The van der Waals surface area contributed by atoms with Crippen LogP contribution >= 0.6 is 11.6 Å². The van der Waals surface area contributed by atoms with Crippen LogP contribution in [0, 0.1) is 23.3 Å². The number of pyridine rings is 1. The molecule has 1 atom stereocenters. The number of nitrogens with zero attached hydrogens (tertiary/aromatic N) is 4. The van der Waals surface area contributed by atoms with E-state index >= 15 is 8.78 Å². The molecule has 1 saturated heterocycles. The number of carbonyl (C=O) groups excluding carboxylic acids is 1. The first-order valence-electron chi connectivity index (χ1n) is 10.4. The van der Waals surface area contributed by atoms with Crippen molar-refractivity contribution in [3.63, 3.8) is 0 Å². The lowest BCUT2D eigenvalue weighted by Gasteiger charge is -2.41. The summed E-state index contributed by atoms with van der Waals surface area (Å²) in [6.45, 7) is 2.31. The summed E-state index contributed by atoms with van der Waals surface area (Å²) in [6, 6.07) is 2.04. The van der Waals surface area contributed by atoms with Crippen LogP contribution < -0.4 is 15.5 Å². The summed E-state index contributed by atoms with van der Waals surface area (Å²) in [4.78, 5) is 18.4. The molecular weight excluding hydrogens is 476 g/mol. The molecule has 178 valence electrons. The number of amides is 1. The molecule has 0 saturated carbocycles. The topological polar surface area (TPSA) is 75.1 Å². The van der Waals surface area contributed by atoms with Crippen molar-refractivity contribution in [1.29, 1.82) is 0 Å². The van der Waals surface area contributed by atoms with Crippen molar-refractivity contribution in [2.75, 3.05) is 29.9 Å². The Morgan fingerprint density at radius 3 is 2.53 bits per heavy atom. The number of anilines is 2. The molecule has 34 heavy (non-hydrogen) atoms. The van der Waals surface area contributed by atoms with E-state index in [4.69, 9.17) is 11.6 Å². The smallest absolute Gasteiger partial charge is 0.261 e. The van der Waals surface area contributed by atoms with Gasteiger partial charge in [0.1, 0.15) is 16.7 Å². The monoisotopic (exact) mass is 494 g/mol. The maximum atomic E-state index is 15.9. The Hall–Kier alpha value is -3.18. The maximum absolute atomic E-state index is 15.9. The van der Waals surface area contributed by atoms with Gasteiger partial charge >= 0.3 is 0 Å². The molecule has 4 heterocycles. The van der Waals surface area contributed by atoms with E-state index in [2.05, 4.69) is 20.7 Å². The molecule has 5 rings (SSSR count). The summed E-state index contributed by atoms with van der Waals surface area (Å²) in [5, 5.41) is 9.25. The SMILES string of the molecule is Cn1cc(F)c(N2CC(C)(c3ccc(F)c(Cl)c3F)c3c(cnc(NC4CNC4)c3F)C2=O)n1. The zero-order valence-electron chi connectivity index (χ0n) is 18.1. The van der Waals surface area contributed by atoms with Gasteiger partial charge in [-0.1, -0.05) is 17.7 Å². The number of fused-ring (bicyclic) bond motifs is 1. The van der Waals surface area contributed by atoms with E-state index in [1.54, 1.807) is 0 Å². The van der Waals surface area contributed by atoms with Crippen LogP contribution in [0.15, 0.2) is 24.5 Å². The minimum atomic E-state index is -1.59. The summed E-state index contributed by atoms with van der Waals surface area (Å²) >= 11 is 5.84. The second kappa shape index (κ2) is 7.95. The zero-order valence-corrected chi connectivity index (χ0v) is 18.9.